The minimum atomic E-state index is 0.163. The van der Waals surface area contributed by atoms with Crippen molar-refractivity contribution in [1.29, 1.82) is 0 Å². The van der Waals surface area contributed by atoms with Gasteiger partial charge >= 0.3 is 0 Å². The molecule has 2 nitrogen and oxygen atoms in total. The molecule has 0 aliphatic carbocycles. The van der Waals surface area contributed by atoms with Gasteiger partial charge in [0.15, 0.2) is 0 Å². The summed E-state index contributed by atoms with van der Waals surface area (Å²) in [6, 6.07) is 12.8. The molecule has 1 atom stereocenters. The third-order valence-corrected chi connectivity index (χ3v) is 3.78. The van der Waals surface area contributed by atoms with Crippen LogP contribution in [-0.2, 0) is 0 Å². The second-order valence-electron chi connectivity index (χ2n) is 3.86. The van der Waals surface area contributed by atoms with Crippen molar-refractivity contribution in [2.45, 2.75) is 13.0 Å². The quantitative estimate of drug-likeness (QED) is 0.792. The van der Waals surface area contributed by atoms with Crippen molar-refractivity contribution in [1.82, 2.24) is 0 Å². The molecule has 0 radical (unpaired) electrons. The van der Waals surface area contributed by atoms with Crippen molar-refractivity contribution in [3.63, 3.8) is 0 Å². The van der Waals surface area contributed by atoms with E-state index in [1.165, 1.54) is 15.3 Å². The number of hydrogen-bond donors (Lipinski definition) is 1. The summed E-state index contributed by atoms with van der Waals surface area (Å²) in [4.78, 5) is 7.17. The molecule has 0 fully saturated rings. The Morgan fingerprint density at radius 2 is 2.06 bits per heavy atom. The Labute approximate surface area is 98.7 Å². The summed E-state index contributed by atoms with van der Waals surface area (Å²) in [6.07, 6.45) is 1.79. The molecule has 2 heterocycles. The number of para-hydroxylation sites is 1. The molecule has 1 aromatic heterocycles. The van der Waals surface area contributed by atoms with Gasteiger partial charge in [-0.2, -0.15) is 0 Å². The molecule has 0 saturated carbocycles. The van der Waals surface area contributed by atoms with Gasteiger partial charge in [0.1, 0.15) is 6.04 Å². The number of rotatable bonds is 1. The molecule has 1 N–H and O–H groups in total. The van der Waals surface area contributed by atoms with Crippen LogP contribution >= 0.6 is 11.3 Å². The van der Waals surface area contributed by atoms with Gasteiger partial charge in [-0.1, -0.05) is 18.2 Å². The first-order valence-electron chi connectivity index (χ1n) is 5.28. The average molecular weight is 228 g/mol. The molecule has 0 saturated heterocycles. The van der Waals surface area contributed by atoms with Crippen molar-refractivity contribution >= 4 is 23.4 Å². The lowest BCUT2D eigenvalue weighted by atomic mass is 10.0. The van der Waals surface area contributed by atoms with E-state index in [1.54, 1.807) is 6.34 Å². The third kappa shape index (κ3) is 1.53. The van der Waals surface area contributed by atoms with Gasteiger partial charge in [-0.05, 0) is 25.1 Å². The second-order valence-corrected chi connectivity index (χ2v) is 5.18. The highest BCUT2D eigenvalue weighted by molar-refractivity contribution is 7.12. The fraction of sp³-hybridized carbons (Fsp3) is 0.154. The van der Waals surface area contributed by atoms with Gasteiger partial charge in [-0.15, -0.1) is 11.3 Å². The number of thiophene rings is 1. The van der Waals surface area contributed by atoms with Crippen LogP contribution in [0, 0.1) is 6.92 Å². The first-order chi connectivity index (χ1) is 7.84. The molecule has 1 aliphatic rings. The zero-order chi connectivity index (χ0) is 11.0. The van der Waals surface area contributed by atoms with Crippen molar-refractivity contribution < 1.29 is 0 Å². The molecular weight excluding hydrogens is 216 g/mol. The molecule has 0 bridgehead atoms. The highest BCUT2D eigenvalue weighted by atomic mass is 32.1. The lowest BCUT2D eigenvalue weighted by molar-refractivity contribution is 0.892. The van der Waals surface area contributed by atoms with E-state index in [0.29, 0.717) is 0 Å². The van der Waals surface area contributed by atoms with Crippen LogP contribution in [0.5, 0.6) is 0 Å². The molecule has 0 spiro atoms. The van der Waals surface area contributed by atoms with E-state index in [-0.39, 0.29) is 6.04 Å². The first-order valence-corrected chi connectivity index (χ1v) is 6.10. The normalized spacial score (nSPS) is 17.9. The van der Waals surface area contributed by atoms with E-state index < -0.39 is 0 Å². The molecule has 0 amide bonds. The van der Waals surface area contributed by atoms with Crippen molar-refractivity contribution in [2.75, 3.05) is 5.32 Å². The summed E-state index contributed by atoms with van der Waals surface area (Å²) in [5.74, 6) is 0. The highest BCUT2D eigenvalue weighted by Crippen LogP contribution is 2.36. The molecule has 2 aromatic rings. The summed E-state index contributed by atoms with van der Waals surface area (Å²) < 4.78 is 0. The van der Waals surface area contributed by atoms with Crippen molar-refractivity contribution in [3.05, 3.63) is 51.7 Å². The van der Waals surface area contributed by atoms with Gasteiger partial charge in [0.2, 0.25) is 0 Å². The van der Waals surface area contributed by atoms with Crippen LogP contribution in [0.25, 0.3) is 0 Å². The molecule has 1 aliphatic heterocycles. The Morgan fingerprint density at radius 3 is 2.88 bits per heavy atom. The molecule has 3 heteroatoms. The largest absolute Gasteiger partial charge is 0.346 e. The van der Waals surface area contributed by atoms with Crippen LogP contribution in [0.1, 0.15) is 21.4 Å². The maximum Gasteiger partial charge on any atom is 0.113 e. The summed E-state index contributed by atoms with van der Waals surface area (Å²) >= 11 is 1.82. The van der Waals surface area contributed by atoms with Crippen molar-refractivity contribution in [2.24, 2.45) is 4.99 Å². The fourth-order valence-corrected chi connectivity index (χ4v) is 2.90. The standard InChI is InChI=1S/C13H12N2S/c1-9-6-7-12(16-9)13-10-4-2-3-5-11(10)14-8-15-13/h2-8,13H,1H3,(H,14,15). The summed E-state index contributed by atoms with van der Waals surface area (Å²) in [5.41, 5.74) is 2.42. The number of fused-ring (bicyclic) bond motifs is 1. The first kappa shape index (κ1) is 9.60. The molecule has 16 heavy (non-hydrogen) atoms. The maximum absolute atomic E-state index is 4.53. The number of aliphatic imine (C=N–C) groups is 1. The zero-order valence-corrected chi connectivity index (χ0v) is 9.79. The molecular formula is C13H12N2S. The van der Waals surface area contributed by atoms with E-state index in [9.17, 15) is 0 Å². The summed E-state index contributed by atoms with van der Waals surface area (Å²) in [7, 11) is 0. The van der Waals surface area contributed by atoms with Gasteiger partial charge in [-0.25, -0.2) is 0 Å². The smallest absolute Gasteiger partial charge is 0.113 e. The number of benzene rings is 1. The van der Waals surface area contributed by atoms with Crippen LogP contribution in [0.4, 0.5) is 5.69 Å². The number of anilines is 1. The van der Waals surface area contributed by atoms with Crippen LogP contribution < -0.4 is 5.32 Å². The molecule has 80 valence electrons. The van der Waals surface area contributed by atoms with Gasteiger partial charge in [0.25, 0.3) is 0 Å². The Morgan fingerprint density at radius 1 is 1.19 bits per heavy atom. The highest BCUT2D eigenvalue weighted by Gasteiger charge is 2.19. The Hall–Kier alpha value is -1.61. The van der Waals surface area contributed by atoms with Crippen LogP contribution in [0.2, 0.25) is 0 Å². The molecule has 3 rings (SSSR count). The van der Waals surface area contributed by atoms with Crippen LogP contribution in [0.15, 0.2) is 41.4 Å². The monoisotopic (exact) mass is 228 g/mol. The van der Waals surface area contributed by atoms with Crippen LogP contribution in [-0.4, -0.2) is 6.34 Å². The molecule has 1 unspecified atom stereocenters. The lowest BCUT2D eigenvalue weighted by Crippen LogP contribution is -2.10. The predicted octanol–water partition coefficient (Wildman–Crippen LogP) is 3.60. The summed E-state index contributed by atoms with van der Waals surface area (Å²) in [6.45, 7) is 2.13. The second kappa shape index (κ2) is 3.76. The topological polar surface area (TPSA) is 24.4 Å². The summed E-state index contributed by atoms with van der Waals surface area (Å²) in [5, 5.41) is 3.18. The number of aryl methyl sites for hydroxylation is 1. The Balaban J connectivity index is 2.08. The SMILES string of the molecule is Cc1ccc(C2N=CNc3ccccc32)s1. The zero-order valence-electron chi connectivity index (χ0n) is 8.97. The van der Waals surface area contributed by atoms with E-state index in [1.807, 2.05) is 17.4 Å². The molecule has 1 aromatic carbocycles. The van der Waals surface area contributed by atoms with E-state index >= 15 is 0 Å². The minimum absolute atomic E-state index is 0.163. The van der Waals surface area contributed by atoms with Crippen LogP contribution in [0.3, 0.4) is 0 Å². The Bertz CT molecular complexity index is 542. The van der Waals surface area contributed by atoms with E-state index in [0.717, 1.165) is 5.69 Å². The van der Waals surface area contributed by atoms with E-state index in [4.69, 9.17) is 0 Å². The maximum atomic E-state index is 4.53. The van der Waals surface area contributed by atoms with E-state index in [2.05, 4.69) is 47.6 Å². The van der Waals surface area contributed by atoms with Gasteiger partial charge in [0, 0.05) is 21.0 Å². The lowest BCUT2D eigenvalue weighted by Gasteiger charge is -2.19. The average Bonchev–Trinajstić information content (AvgIpc) is 2.75. The van der Waals surface area contributed by atoms with Crippen molar-refractivity contribution in [3.8, 4) is 0 Å². The minimum Gasteiger partial charge on any atom is -0.346 e. The number of hydrogen-bond acceptors (Lipinski definition) is 3. The number of nitrogens with zero attached hydrogens (tertiary/aromatic N) is 1. The Kier molecular flexibility index (Phi) is 2.26. The predicted molar refractivity (Wildman–Crippen MR) is 69.5 cm³/mol. The van der Waals surface area contributed by atoms with Gasteiger partial charge in [-0.3, -0.25) is 4.99 Å². The fourth-order valence-electron chi connectivity index (χ4n) is 1.96. The number of nitrogens with one attached hydrogen (secondary N) is 1. The third-order valence-electron chi connectivity index (χ3n) is 2.73. The van der Waals surface area contributed by atoms with Gasteiger partial charge < -0.3 is 5.32 Å². The van der Waals surface area contributed by atoms with Gasteiger partial charge in [0.05, 0.1) is 6.34 Å².